The van der Waals surface area contributed by atoms with Gasteiger partial charge in [0.05, 0.1) is 0 Å². The molecule has 0 bridgehead atoms. The van der Waals surface area contributed by atoms with E-state index in [1.807, 2.05) is 6.92 Å². The summed E-state index contributed by atoms with van der Waals surface area (Å²) in [4.78, 5) is 25.6. The van der Waals surface area contributed by atoms with Crippen LogP contribution >= 0.6 is 0 Å². The van der Waals surface area contributed by atoms with Gasteiger partial charge in [-0.25, -0.2) is 0 Å². The monoisotopic (exact) mass is 224 g/mol. The lowest BCUT2D eigenvalue weighted by molar-refractivity contribution is 0.0938. The second-order valence-electron chi connectivity index (χ2n) is 3.85. The molecule has 0 spiro atoms. The fraction of sp³-hybridized carbons (Fsp3) is 0.455. The highest BCUT2D eigenvalue weighted by molar-refractivity contribution is 5.96. The first-order valence-corrected chi connectivity index (χ1v) is 5.21. The Kier molecular flexibility index (Phi) is 3.71. The van der Waals surface area contributed by atoms with E-state index in [0.29, 0.717) is 12.0 Å². The Morgan fingerprint density at radius 3 is 2.69 bits per heavy atom. The number of aromatic nitrogens is 1. The number of carbonyl (C=O) groups excluding carboxylic acids is 1. The van der Waals surface area contributed by atoms with Crippen LogP contribution in [0, 0.1) is 0 Å². The highest BCUT2D eigenvalue weighted by Gasteiger charge is 2.18. The lowest BCUT2D eigenvalue weighted by atomic mass is 10.1. The standard InChI is InChI=1S/C11H16N2O3/c1-4-7-5-12-10(15)8(9(7)14)11(16)13-6(2)3/h5-6H,4H2,1-3H3,(H,13,16)(H2,12,14,15). The molecule has 0 radical (unpaired) electrons. The number of H-pyrrole nitrogens is 1. The van der Waals surface area contributed by atoms with E-state index in [0.717, 1.165) is 0 Å². The van der Waals surface area contributed by atoms with E-state index in [2.05, 4.69) is 10.3 Å². The number of rotatable bonds is 3. The molecular formula is C11H16N2O3. The van der Waals surface area contributed by atoms with Crippen LogP contribution in [0.25, 0.3) is 0 Å². The number of aryl methyl sites for hydroxylation is 1. The minimum Gasteiger partial charge on any atom is -0.507 e. The summed E-state index contributed by atoms with van der Waals surface area (Å²) in [7, 11) is 0. The van der Waals surface area contributed by atoms with E-state index in [1.54, 1.807) is 13.8 Å². The maximum absolute atomic E-state index is 11.7. The molecule has 16 heavy (non-hydrogen) atoms. The van der Waals surface area contributed by atoms with Crippen molar-refractivity contribution in [3.05, 3.63) is 27.7 Å². The van der Waals surface area contributed by atoms with Crippen molar-refractivity contribution in [1.29, 1.82) is 0 Å². The van der Waals surface area contributed by atoms with Gasteiger partial charge >= 0.3 is 0 Å². The molecule has 0 fully saturated rings. The van der Waals surface area contributed by atoms with Crippen LogP contribution in [0.15, 0.2) is 11.0 Å². The van der Waals surface area contributed by atoms with Crippen molar-refractivity contribution in [3.8, 4) is 5.75 Å². The summed E-state index contributed by atoms with van der Waals surface area (Å²) < 4.78 is 0. The molecule has 0 saturated carbocycles. The fourth-order valence-corrected chi connectivity index (χ4v) is 1.38. The molecule has 0 aliphatic heterocycles. The van der Waals surface area contributed by atoms with Gasteiger partial charge in [0.25, 0.3) is 11.5 Å². The summed E-state index contributed by atoms with van der Waals surface area (Å²) >= 11 is 0. The molecule has 1 aromatic rings. The normalized spacial score (nSPS) is 10.5. The van der Waals surface area contributed by atoms with E-state index < -0.39 is 11.5 Å². The van der Waals surface area contributed by atoms with Gasteiger partial charge in [-0.2, -0.15) is 0 Å². The van der Waals surface area contributed by atoms with Crippen LogP contribution in [0.3, 0.4) is 0 Å². The summed E-state index contributed by atoms with van der Waals surface area (Å²) in [6.45, 7) is 5.40. The maximum Gasteiger partial charge on any atom is 0.264 e. The summed E-state index contributed by atoms with van der Waals surface area (Å²) in [6.07, 6.45) is 1.97. The zero-order valence-corrected chi connectivity index (χ0v) is 9.63. The summed E-state index contributed by atoms with van der Waals surface area (Å²) in [5, 5.41) is 12.3. The SMILES string of the molecule is CCc1c[nH]c(=O)c(C(=O)NC(C)C)c1O. The molecule has 0 aliphatic rings. The largest absolute Gasteiger partial charge is 0.507 e. The number of aromatic hydroxyl groups is 1. The van der Waals surface area contributed by atoms with E-state index in [-0.39, 0.29) is 17.4 Å². The minimum atomic E-state index is -0.576. The van der Waals surface area contributed by atoms with Gasteiger partial charge in [-0.3, -0.25) is 9.59 Å². The Hall–Kier alpha value is -1.78. The number of nitrogens with one attached hydrogen (secondary N) is 2. The molecule has 0 saturated heterocycles. The van der Waals surface area contributed by atoms with Gasteiger partial charge in [-0.05, 0) is 20.3 Å². The molecule has 1 heterocycles. The lowest BCUT2D eigenvalue weighted by Gasteiger charge is -2.10. The van der Waals surface area contributed by atoms with Gasteiger partial charge in [0, 0.05) is 17.8 Å². The van der Waals surface area contributed by atoms with Crippen LogP contribution in [0.1, 0.15) is 36.7 Å². The molecule has 1 aromatic heterocycles. The Morgan fingerprint density at radius 1 is 1.56 bits per heavy atom. The van der Waals surface area contributed by atoms with Crippen LogP contribution in [0.2, 0.25) is 0 Å². The van der Waals surface area contributed by atoms with Crippen molar-refractivity contribution >= 4 is 5.91 Å². The maximum atomic E-state index is 11.7. The topological polar surface area (TPSA) is 82.2 Å². The molecule has 0 aromatic carbocycles. The third kappa shape index (κ3) is 2.42. The molecule has 1 amide bonds. The number of amides is 1. The Balaban J connectivity index is 3.21. The average Bonchev–Trinajstić information content (AvgIpc) is 2.16. The van der Waals surface area contributed by atoms with Crippen LogP contribution in [0.4, 0.5) is 0 Å². The second-order valence-corrected chi connectivity index (χ2v) is 3.85. The number of pyridine rings is 1. The summed E-state index contributed by atoms with van der Waals surface area (Å²) in [5.74, 6) is -0.784. The van der Waals surface area contributed by atoms with Crippen molar-refractivity contribution in [2.75, 3.05) is 0 Å². The van der Waals surface area contributed by atoms with Crippen molar-refractivity contribution in [2.24, 2.45) is 0 Å². The fourth-order valence-electron chi connectivity index (χ4n) is 1.38. The lowest BCUT2D eigenvalue weighted by Crippen LogP contribution is -2.34. The average molecular weight is 224 g/mol. The zero-order valence-electron chi connectivity index (χ0n) is 9.63. The Labute approximate surface area is 93.5 Å². The van der Waals surface area contributed by atoms with E-state index in [4.69, 9.17) is 0 Å². The quantitative estimate of drug-likeness (QED) is 0.709. The first kappa shape index (κ1) is 12.3. The number of hydrogen-bond donors (Lipinski definition) is 3. The smallest absolute Gasteiger partial charge is 0.264 e. The van der Waals surface area contributed by atoms with Gasteiger partial charge < -0.3 is 15.4 Å². The first-order valence-electron chi connectivity index (χ1n) is 5.21. The molecule has 0 atom stereocenters. The highest BCUT2D eigenvalue weighted by atomic mass is 16.3. The van der Waals surface area contributed by atoms with Crippen LogP contribution in [-0.4, -0.2) is 22.0 Å². The third-order valence-electron chi connectivity index (χ3n) is 2.17. The van der Waals surface area contributed by atoms with Gasteiger partial charge in [0.15, 0.2) is 0 Å². The molecule has 0 unspecified atom stereocenters. The van der Waals surface area contributed by atoms with Crippen molar-refractivity contribution in [1.82, 2.24) is 10.3 Å². The predicted octanol–water partition coefficient (Wildman–Crippen LogP) is 0.781. The van der Waals surface area contributed by atoms with E-state index in [9.17, 15) is 14.7 Å². The third-order valence-corrected chi connectivity index (χ3v) is 2.17. The Bertz CT molecular complexity index is 449. The minimum absolute atomic E-state index is 0.0865. The van der Waals surface area contributed by atoms with Gasteiger partial charge in [-0.1, -0.05) is 6.92 Å². The second kappa shape index (κ2) is 4.83. The van der Waals surface area contributed by atoms with Crippen LogP contribution in [-0.2, 0) is 6.42 Å². The number of aromatic amines is 1. The van der Waals surface area contributed by atoms with Gasteiger partial charge in [0.1, 0.15) is 11.3 Å². The molecule has 5 heteroatoms. The molecule has 3 N–H and O–H groups in total. The number of hydrogen-bond acceptors (Lipinski definition) is 3. The molecule has 1 rings (SSSR count). The highest BCUT2D eigenvalue weighted by Crippen LogP contribution is 2.18. The van der Waals surface area contributed by atoms with Gasteiger partial charge in [-0.15, -0.1) is 0 Å². The van der Waals surface area contributed by atoms with Crippen LogP contribution in [0.5, 0.6) is 5.75 Å². The molecule has 5 nitrogen and oxygen atoms in total. The molecule has 88 valence electrons. The van der Waals surface area contributed by atoms with E-state index in [1.165, 1.54) is 6.20 Å². The Morgan fingerprint density at radius 2 is 2.19 bits per heavy atom. The van der Waals surface area contributed by atoms with E-state index >= 15 is 0 Å². The van der Waals surface area contributed by atoms with Crippen LogP contribution < -0.4 is 10.9 Å². The molecule has 0 aliphatic carbocycles. The predicted molar refractivity (Wildman–Crippen MR) is 60.7 cm³/mol. The summed E-state index contributed by atoms with van der Waals surface area (Å²) in [5.41, 5.74) is -0.241. The molecular weight excluding hydrogens is 208 g/mol. The number of carbonyl (C=O) groups is 1. The summed E-state index contributed by atoms with van der Waals surface area (Å²) in [6, 6.07) is -0.0865. The van der Waals surface area contributed by atoms with Crippen molar-refractivity contribution < 1.29 is 9.90 Å². The van der Waals surface area contributed by atoms with Crippen molar-refractivity contribution in [3.63, 3.8) is 0 Å². The van der Waals surface area contributed by atoms with Crippen molar-refractivity contribution in [2.45, 2.75) is 33.2 Å². The zero-order chi connectivity index (χ0) is 12.3. The first-order chi connectivity index (χ1) is 7.47. The van der Waals surface area contributed by atoms with Gasteiger partial charge in [0.2, 0.25) is 0 Å².